The number of aryl methyl sites for hydroxylation is 1. The van der Waals surface area contributed by atoms with Gasteiger partial charge in [-0.15, -0.1) is 0 Å². The van der Waals surface area contributed by atoms with Crippen molar-refractivity contribution in [3.05, 3.63) is 64.6 Å². The minimum atomic E-state index is -4.43. The molecule has 1 saturated heterocycles. The van der Waals surface area contributed by atoms with Gasteiger partial charge in [-0.2, -0.15) is 13.2 Å². The highest BCUT2D eigenvalue weighted by molar-refractivity contribution is 6.31. The fourth-order valence-electron chi connectivity index (χ4n) is 4.58. The molecule has 0 spiro atoms. The van der Waals surface area contributed by atoms with Crippen LogP contribution in [0, 0.1) is 0 Å². The second-order valence-corrected chi connectivity index (χ2v) is 9.34. The van der Waals surface area contributed by atoms with Crippen LogP contribution in [0.5, 0.6) is 0 Å². The van der Waals surface area contributed by atoms with Gasteiger partial charge >= 0.3 is 6.18 Å². The molecule has 1 fully saturated rings. The third-order valence-corrected chi connectivity index (χ3v) is 6.80. The molecule has 0 unspecified atom stereocenters. The van der Waals surface area contributed by atoms with Gasteiger partial charge in [0.05, 0.1) is 29.3 Å². The fourth-order valence-corrected chi connectivity index (χ4v) is 4.76. The van der Waals surface area contributed by atoms with Gasteiger partial charge in [0.2, 0.25) is 0 Å². The van der Waals surface area contributed by atoms with Crippen LogP contribution in [0.15, 0.2) is 42.7 Å². The molecular formula is C25H26ClF3N6. The van der Waals surface area contributed by atoms with Crippen LogP contribution in [0.3, 0.4) is 0 Å². The van der Waals surface area contributed by atoms with Gasteiger partial charge < -0.3 is 15.1 Å². The van der Waals surface area contributed by atoms with E-state index in [1.807, 2.05) is 23.2 Å². The van der Waals surface area contributed by atoms with Crippen LogP contribution >= 0.6 is 11.6 Å². The average molecular weight is 503 g/mol. The zero-order valence-electron chi connectivity index (χ0n) is 19.2. The molecule has 1 aromatic carbocycles. The number of nitrogens with one attached hydrogen (secondary N) is 1. The van der Waals surface area contributed by atoms with Crippen molar-refractivity contribution in [1.29, 1.82) is 0 Å². The van der Waals surface area contributed by atoms with Crippen molar-refractivity contribution in [2.45, 2.75) is 44.8 Å². The zero-order valence-corrected chi connectivity index (χ0v) is 19.9. The van der Waals surface area contributed by atoms with E-state index in [0.29, 0.717) is 34.6 Å². The number of benzene rings is 1. The summed E-state index contributed by atoms with van der Waals surface area (Å²) >= 11 is 6.28. The molecule has 0 atom stereocenters. The van der Waals surface area contributed by atoms with E-state index in [2.05, 4.69) is 20.2 Å². The summed E-state index contributed by atoms with van der Waals surface area (Å²) in [6.45, 7) is 2.98. The summed E-state index contributed by atoms with van der Waals surface area (Å²) in [4.78, 5) is 18.2. The normalized spacial score (nSPS) is 16.2. The second-order valence-electron chi connectivity index (χ2n) is 8.93. The van der Waals surface area contributed by atoms with Crippen LogP contribution in [0.25, 0.3) is 0 Å². The Bertz CT molecular complexity index is 1180. The van der Waals surface area contributed by atoms with E-state index in [9.17, 15) is 13.2 Å². The number of aromatic nitrogens is 3. The molecule has 0 amide bonds. The van der Waals surface area contributed by atoms with Crippen molar-refractivity contribution in [3.8, 4) is 0 Å². The number of hydrogen-bond donors (Lipinski definition) is 1. The van der Waals surface area contributed by atoms with Crippen LogP contribution in [0.1, 0.15) is 42.5 Å². The number of pyridine rings is 1. The number of rotatable bonds is 5. The number of halogens is 4. The molecule has 0 saturated carbocycles. The van der Waals surface area contributed by atoms with Crippen molar-refractivity contribution in [3.63, 3.8) is 0 Å². The Labute approximate surface area is 207 Å². The van der Waals surface area contributed by atoms with E-state index < -0.39 is 11.7 Å². The summed E-state index contributed by atoms with van der Waals surface area (Å²) < 4.78 is 39.8. The maximum atomic E-state index is 13.3. The van der Waals surface area contributed by atoms with Crippen molar-refractivity contribution < 1.29 is 13.2 Å². The van der Waals surface area contributed by atoms with Crippen molar-refractivity contribution in [2.24, 2.45) is 0 Å². The molecule has 6 nitrogen and oxygen atoms in total. The zero-order chi connectivity index (χ0) is 24.4. The first-order valence-corrected chi connectivity index (χ1v) is 12.2. The first kappa shape index (κ1) is 23.7. The molecule has 2 aliphatic heterocycles. The van der Waals surface area contributed by atoms with Crippen molar-refractivity contribution in [2.75, 3.05) is 34.8 Å². The van der Waals surface area contributed by atoms with Crippen LogP contribution < -0.4 is 15.1 Å². The highest BCUT2D eigenvalue weighted by atomic mass is 35.5. The Morgan fingerprint density at radius 1 is 0.914 bits per heavy atom. The second kappa shape index (κ2) is 9.89. The largest absolute Gasteiger partial charge is 0.416 e. The lowest BCUT2D eigenvalue weighted by atomic mass is 10.1. The first-order valence-electron chi connectivity index (χ1n) is 11.8. The molecule has 10 heteroatoms. The first-order chi connectivity index (χ1) is 16.9. The topological polar surface area (TPSA) is 57.2 Å². The fraction of sp³-hybridized carbons (Fsp3) is 0.400. The van der Waals surface area contributed by atoms with E-state index >= 15 is 0 Å². The molecule has 4 heterocycles. The highest BCUT2D eigenvalue weighted by Crippen LogP contribution is 2.34. The SMILES string of the molecule is FC(F)(F)c1ccc(Cl)c(CN2CCCCc3ncc(Nc4ccc(N5CCCC5)cn4)nc32)c1. The molecule has 2 aliphatic rings. The Hall–Kier alpha value is -3.07. The average Bonchev–Trinajstić information content (AvgIpc) is 3.30. The predicted molar refractivity (Wildman–Crippen MR) is 131 cm³/mol. The summed E-state index contributed by atoms with van der Waals surface area (Å²) in [5, 5.41) is 3.51. The van der Waals surface area contributed by atoms with Gasteiger partial charge in [-0.3, -0.25) is 4.98 Å². The lowest BCUT2D eigenvalue weighted by Crippen LogP contribution is -2.25. The molecule has 3 aromatic rings. The molecule has 1 N–H and O–H groups in total. The number of alkyl halides is 3. The minimum Gasteiger partial charge on any atom is -0.370 e. The van der Waals surface area contributed by atoms with E-state index in [1.54, 1.807) is 6.20 Å². The van der Waals surface area contributed by atoms with Gasteiger partial charge in [0.1, 0.15) is 5.82 Å². The molecule has 0 radical (unpaired) electrons. The van der Waals surface area contributed by atoms with Crippen LogP contribution in [-0.2, 0) is 19.1 Å². The highest BCUT2D eigenvalue weighted by Gasteiger charge is 2.31. The Morgan fingerprint density at radius 2 is 1.71 bits per heavy atom. The van der Waals surface area contributed by atoms with E-state index in [1.165, 1.54) is 18.9 Å². The summed E-state index contributed by atoms with van der Waals surface area (Å²) in [5.74, 6) is 1.85. The van der Waals surface area contributed by atoms with E-state index in [-0.39, 0.29) is 6.54 Å². The molecule has 2 aromatic heterocycles. The number of anilines is 4. The van der Waals surface area contributed by atoms with Gasteiger partial charge in [-0.05, 0) is 68.0 Å². The Morgan fingerprint density at radius 3 is 2.46 bits per heavy atom. The number of hydrogen-bond acceptors (Lipinski definition) is 6. The van der Waals surface area contributed by atoms with Crippen molar-refractivity contribution in [1.82, 2.24) is 15.0 Å². The number of nitrogens with zero attached hydrogens (tertiary/aromatic N) is 5. The van der Waals surface area contributed by atoms with Gasteiger partial charge in [0.15, 0.2) is 11.6 Å². The molecule has 0 aliphatic carbocycles. The van der Waals surface area contributed by atoms with Gasteiger partial charge in [0.25, 0.3) is 0 Å². The molecule has 184 valence electrons. The smallest absolute Gasteiger partial charge is 0.370 e. The van der Waals surface area contributed by atoms with Gasteiger partial charge in [-0.1, -0.05) is 11.6 Å². The third kappa shape index (κ3) is 5.45. The van der Waals surface area contributed by atoms with E-state index in [0.717, 1.165) is 55.9 Å². The molecule has 0 bridgehead atoms. The quantitative estimate of drug-likeness (QED) is 0.446. The van der Waals surface area contributed by atoms with Crippen LogP contribution in [0.2, 0.25) is 5.02 Å². The Balaban J connectivity index is 1.38. The summed E-state index contributed by atoms with van der Waals surface area (Å²) in [5.41, 5.74) is 1.63. The molecular weight excluding hydrogens is 477 g/mol. The van der Waals surface area contributed by atoms with Crippen LogP contribution in [0.4, 0.5) is 36.3 Å². The lowest BCUT2D eigenvalue weighted by Gasteiger charge is -2.25. The molecule has 5 rings (SSSR count). The standard InChI is InChI=1S/C25H26ClF3N6/c26-20-8-6-18(25(27,28)29)13-17(20)16-35-12-2-1-5-21-24(35)33-23(15-30-21)32-22-9-7-19(14-31-22)34-10-3-4-11-34/h6-9,13-15H,1-5,10-12,16H2,(H,31,32,33). The summed E-state index contributed by atoms with van der Waals surface area (Å²) in [6.07, 6.45) is 4.09. The Kier molecular flexibility index (Phi) is 6.69. The minimum absolute atomic E-state index is 0.219. The van der Waals surface area contributed by atoms with Crippen molar-refractivity contribution >= 4 is 34.7 Å². The lowest BCUT2D eigenvalue weighted by molar-refractivity contribution is -0.137. The van der Waals surface area contributed by atoms with E-state index in [4.69, 9.17) is 16.6 Å². The maximum absolute atomic E-state index is 13.3. The number of fused-ring (bicyclic) bond motifs is 1. The van der Waals surface area contributed by atoms with Gasteiger partial charge in [-0.25, -0.2) is 9.97 Å². The molecule has 35 heavy (non-hydrogen) atoms. The summed E-state index contributed by atoms with van der Waals surface area (Å²) in [7, 11) is 0. The van der Waals surface area contributed by atoms with Gasteiger partial charge in [0, 0.05) is 31.2 Å². The summed E-state index contributed by atoms with van der Waals surface area (Å²) in [6, 6.07) is 7.39. The monoisotopic (exact) mass is 502 g/mol. The third-order valence-electron chi connectivity index (χ3n) is 6.43. The maximum Gasteiger partial charge on any atom is 0.416 e. The van der Waals surface area contributed by atoms with Crippen LogP contribution in [-0.4, -0.2) is 34.6 Å². The predicted octanol–water partition coefficient (Wildman–Crippen LogP) is 6.23.